The minimum Gasteiger partial charge on any atom is -0.495 e. The average Bonchev–Trinajstić information content (AvgIpc) is 3.37. The summed E-state index contributed by atoms with van der Waals surface area (Å²) in [5.74, 6) is 1.95. The molecule has 1 atom stereocenters. The van der Waals surface area contributed by atoms with E-state index < -0.39 is 6.04 Å². The molecule has 1 aromatic heterocycles. The van der Waals surface area contributed by atoms with Gasteiger partial charge in [-0.15, -0.1) is 5.10 Å². The molecule has 2 N–H and O–H groups in total. The van der Waals surface area contributed by atoms with Crippen molar-refractivity contribution in [1.82, 2.24) is 14.8 Å². The first-order chi connectivity index (χ1) is 19.4. The number of hydrogen-bond donors (Lipinski definition) is 2. The molecule has 4 aromatic rings. The monoisotopic (exact) mass is 561 g/mol. The summed E-state index contributed by atoms with van der Waals surface area (Å²) in [6, 6.07) is 18.5. The molecule has 0 saturated heterocycles. The highest BCUT2D eigenvalue weighted by molar-refractivity contribution is 7.98. The van der Waals surface area contributed by atoms with Crippen molar-refractivity contribution in [3.8, 4) is 17.2 Å². The second-order valence-corrected chi connectivity index (χ2v) is 9.86. The molecule has 0 saturated carbocycles. The molecule has 5 rings (SSSR count). The van der Waals surface area contributed by atoms with Gasteiger partial charge in [-0.25, -0.2) is 9.07 Å². The summed E-state index contributed by atoms with van der Waals surface area (Å²) in [6.45, 7) is 1.82. The Morgan fingerprint density at radius 3 is 2.52 bits per heavy atom. The van der Waals surface area contributed by atoms with Crippen LogP contribution in [-0.2, 0) is 10.5 Å². The third-order valence-corrected chi connectivity index (χ3v) is 7.32. The molecule has 0 fully saturated rings. The van der Waals surface area contributed by atoms with E-state index in [1.54, 1.807) is 50.3 Å². The molecule has 1 amide bonds. The predicted molar refractivity (Wildman–Crippen MR) is 152 cm³/mol. The van der Waals surface area contributed by atoms with Crippen LogP contribution in [0.3, 0.4) is 0 Å². The standard InChI is InChI=1S/C29H28FN5O4S/c1-17-25(27(36)32-21-10-5-6-11-22(21)37-2)26(19-12-13-23(38-3)24(15-19)39-4)35-28(31-17)33-29(34-35)40-16-18-8-7-9-20(30)14-18/h5-15,26H,16H2,1-4H3,(H,32,36)(H,31,33,34)/t26-/m1/s1. The van der Waals surface area contributed by atoms with Crippen LogP contribution < -0.4 is 24.8 Å². The number of hydrogen-bond acceptors (Lipinski definition) is 8. The average molecular weight is 562 g/mol. The van der Waals surface area contributed by atoms with E-state index in [0.717, 1.165) is 11.1 Å². The van der Waals surface area contributed by atoms with Crippen molar-refractivity contribution in [3.63, 3.8) is 0 Å². The summed E-state index contributed by atoms with van der Waals surface area (Å²) < 4.78 is 31.8. The zero-order valence-electron chi connectivity index (χ0n) is 22.4. The van der Waals surface area contributed by atoms with Crippen LogP contribution in [0.25, 0.3) is 0 Å². The molecule has 2 heterocycles. The minimum atomic E-state index is -0.637. The summed E-state index contributed by atoms with van der Waals surface area (Å²) in [5.41, 5.74) is 3.16. The summed E-state index contributed by atoms with van der Waals surface area (Å²) in [7, 11) is 4.67. The van der Waals surface area contributed by atoms with E-state index in [0.29, 0.717) is 51.1 Å². The highest BCUT2D eigenvalue weighted by Crippen LogP contribution is 2.40. The summed E-state index contributed by atoms with van der Waals surface area (Å²) in [5, 5.41) is 11.4. The number of nitrogens with zero attached hydrogens (tertiary/aromatic N) is 3. The molecule has 0 bridgehead atoms. The van der Waals surface area contributed by atoms with Gasteiger partial charge in [0, 0.05) is 11.4 Å². The molecule has 0 radical (unpaired) electrons. The number of fused-ring (bicyclic) bond motifs is 1. The number of carbonyl (C=O) groups excluding carboxylic acids is 1. The van der Waals surface area contributed by atoms with Crippen LogP contribution in [0.15, 0.2) is 83.2 Å². The molecular weight excluding hydrogens is 533 g/mol. The number of allylic oxidation sites excluding steroid dienone is 1. The lowest BCUT2D eigenvalue weighted by atomic mass is 9.94. The first-order valence-electron chi connectivity index (χ1n) is 12.4. The highest BCUT2D eigenvalue weighted by Gasteiger charge is 2.35. The number of anilines is 2. The molecule has 1 aliphatic heterocycles. The number of halogens is 1. The Labute approximate surface area is 235 Å². The number of ether oxygens (including phenoxy) is 3. The number of methoxy groups -OCH3 is 3. The summed E-state index contributed by atoms with van der Waals surface area (Å²) >= 11 is 1.38. The van der Waals surface area contributed by atoms with E-state index in [2.05, 4.69) is 15.6 Å². The molecule has 206 valence electrons. The number of carbonyl (C=O) groups is 1. The molecular formula is C29H28FN5O4S. The van der Waals surface area contributed by atoms with Gasteiger partial charge >= 0.3 is 0 Å². The van der Waals surface area contributed by atoms with Crippen LogP contribution in [0.5, 0.6) is 17.2 Å². The van der Waals surface area contributed by atoms with Gasteiger partial charge < -0.3 is 24.8 Å². The lowest BCUT2D eigenvalue weighted by molar-refractivity contribution is -0.113. The first-order valence-corrected chi connectivity index (χ1v) is 13.4. The molecule has 0 spiro atoms. The van der Waals surface area contributed by atoms with Crippen molar-refractivity contribution in [1.29, 1.82) is 0 Å². The molecule has 1 aliphatic rings. The maximum atomic E-state index is 13.8. The SMILES string of the molecule is COc1ccccc1NC(=O)C1=C(C)Nc2nc(SCc3cccc(F)c3)nn2[C@@H]1c1ccc(OC)c(OC)c1. The Morgan fingerprint density at radius 1 is 1.00 bits per heavy atom. The van der Waals surface area contributed by atoms with Crippen LogP contribution in [0.4, 0.5) is 16.0 Å². The van der Waals surface area contributed by atoms with Crippen LogP contribution in [-0.4, -0.2) is 42.0 Å². The van der Waals surface area contributed by atoms with Gasteiger partial charge in [0.15, 0.2) is 11.5 Å². The van der Waals surface area contributed by atoms with Gasteiger partial charge in [-0.05, 0) is 54.4 Å². The predicted octanol–water partition coefficient (Wildman–Crippen LogP) is 5.66. The van der Waals surface area contributed by atoms with Gasteiger partial charge in [-0.1, -0.05) is 42.1 Å². The third-order valence-electron chi connectivity index (χ3n) is 6.41. The zero-order valence-corrected chi connectivity index (χ0v) is 23.2. The van der Waals surface area contributed by atoms with E-state index in [4.69, 9.17) is 19.3 Å². The van der Waals surface area contributed by atoms with Crippen molar-refractivity contribution in [3.05, 3.63) is 94.9 Å². The molecule has 0 aliphatic carbocycles. The smallest absolute Gasteiger partial charge is 0.255 e. The van der Waals surface area contributed by atoms with Gasteiger partial charge in [0.2, 0.25) is 11.1 Å². The van der Waals surface area contributed by atoms with Crippen LogP contribution in [0, 0.1) is 5.82 Å². The van der Waals surface area contributed by atoms with E-state index >= 15 is 0 Å². The molecule has 11 heteroatoms. The molecule has 3 aromatic carbocycles. The maximum Gasteiger partial charge on any atom is 0.255 e. The highest BCUT2D eigenvalue weighted by atomic mass is 32.2. The van der Waals surface area contributed by atoms with Crippen molar-refractivity contribution >= 4 is 29.3 Å². The summed E-state index contributed by atoms with van der Waals surface area (Å²) in [6.07, 6.45) is 0. The number of rotatable bonds is 9. The van der Waals surface area contributed by atoms with Crippen LogP contribution in [0.1, 0.15) is 24.1 Å². The molecule has 0 unspecified atom stereocenters. The van der Waals surface area contributed by atoms with Crippen molar-refractivity contribution in [2.75, 3.05) is 32.0 Å². The fraction of sp³-hybridized carbons (Fsp3) is 0.207. The van der Waals surface area contributed by atoms with Crippen LogP contribution >= 0.6 is 11.8 Å². The van der Waals surface area contributed by atoms with Gasteiger partial charge in [-0.2, -0.15) is 4.98 Å². The largest absolute Gasteiger partial charge is 0.495 e. The number of para-hydroxylation sites is 2. The number of amides is 1. The third kappa shape index (κ3) is 5.46. The second-order valence-electron chi connectivity index (χ2n) is 8.92. The number of aromatic nitrogens is 3. The minimum absolute atomic E-state index is 0.295. The van der Waals surface area contributed by atoms with Gasteiger partial charge in [0.25, 0.3) is 5.91 Å². The lowest BCUT2D eigenvalue weighted by Gasteiger charge is -2.29. The van der Waals surface area contributed by atoms with Gasteiger partial charge in [0.1, 0.15) is 17.6 Å². The van der Waals surface area contributed by atoms with Crippen molar-refractivity contribution < 1.29 is 23.4 Å². The first kappa shape index (κ1) is 27.1. The fourth-order valence-electron chi connectivity index (χ4n) is 4.53. The normalized spacial score (nSPS) is 14.3. The quantitative estimate of drug-likeness (QED) is 0.253. The van der Waals surface area contributed by atoms with Gasteiger partial charge in [0.05, 0.1) is 32.6 Å². The Balaban J connectivity index is 1.54. The van der Waals surface area contributed by atoms with E-state index in [-0.39, 0.29) is 11.7 Å². The molecule has 40 heavy (non-hydrogen) atoms. The van der Waals surface area contributed by atoms with E-state index in [9.17, 15) is 9.18 Å². The number of nitrogens with one attached hydrogen (secondary N) is 2. The Kier molecular flexibility index (Phi) is 7.92. The zero-order chi connectivity index (χ0) is 28.2. The van der Waals surface area contributed by atoms with E-state index in [1.807, 2.05) is 37.3 Å². The summed E-state index contributed by atoms with van der Waals surface area (Å²) in [4.78, 5) is 18.5. The van der Waals surface area contributed by atoms with Gasteiger partial charge in [-0.3, -0.25) is 4.79 Å². The van der Waals surface area contributed by atoms with Crippen LogP contribution in [0.2, 0.25) is 0 Å². The Hall–Kier alpha value is -4.51. The Morgan fingerprint density at radius 2 is 1.77 bits per heavy atom. The fourth-order valence-corrected chi connectivity index (χ4v) is 5.30. The number of benzene rings is 3. The topological polar surface area (TPSA) is 99.5 Å². The number of thioether (sulfide) groups is 1. The van der Waals surface area contributed by atoms with Crippen molar-refractivity contribution in [2.45, 2.75) is 23.9 Å². The Bertz CT molecular complexity index is 1590. The van der Waals surface area contributed by atoms with E-state index in [1.165, 1.54) is 23.9 Å². The maximum absolute atomic E-state index is 13.8. The van der Waals surface area contributed by atoms with Crippen molar-refractivity contribution in [2.24, 2.45) is 0 Å². The second kappa shape index (κ2) is 11.7. The lowest BCUT2D eigenvalue weighted by Crippen LogP contribution is -2.31. The molecule has 9 nitrogen and oxygen atoms in total.